The third-order valence-electron chi connectivity index (χ3n) is 3.32. The van der Waals surface area contributed by atoms with Crippen LogP contribution in [0.5, 0.6) is 11.5 Å². The molecular weight excluding hydrogens is 282 g/mol. The lowest BCUT2D eigenvalue weighted by Crippen LogP contribution is -2.10. The average molecular weight is 299 g/mol. The first-order chi connectivity index (χ1) is 10.3. The summed E-state index contributed by atoms with van der Waals surface area (Å²) in [6, 6.07) is 13.3. The molecule has 0 aliphatic carbocycles. The number of para-hydroxylation sites is 2. The molecule has 0 radical (unpaired) electrons. The topological polar surface area (TPSA) is 38.3 Å². The zero-order chi connectivity index (χ0) is 14.7. The lowest BCUT2D eigenvalue weighted by molar-refractivity contribution is 0.102. The fourth-order valence-electron chi connectivity index (χ4n) is 2.17. The summed E-state index contributed by atoms with van der Waals surface area (Å²) in [6.07, 6.45) is 2.37. The summed E-state index contributed by atoms with van der Waals surface area (Å²) >= 11 is 1.80. The maximum atomic E-state index is 12.2. The lowest BCUT2D eigenvalue weighted by Gasteiger charge is -2.09. The van der Waals surface area contributed by atoms with Crippen LogP contribution < -0.4 is 10.1 Å². The van der Waals surface area contributed by atoms with Crippen molar-refractivity contribution in [3.05, 3.63) is 48.0 Å². The molecule has 2 aromatic carbocycles. The predicted molar refractivity (Wildman–Crippen MR) is 86.5 cm³/mol. The third-order valence-corrected chi connectivity index (χ3v) is 4.40. The smallest absolute Gasteiger partial charge is 0.259 e. The van der Waals surface area contributed by atoms with Gasteiger partial charge in [0.2, 0.25) is 0 Å². The van der Waals surface area contributed by atoms with E-state index in [9.17, 15) is 4.79 Å². The highest BCUT2D eigenvalue weighted by atomic mass is 32.2. The first-order valence-corrected chi connectivity index (χ1v) is 8.11. The van der Waals surface area contributed by atoms with Crippen molar-refractivity contribution >= 4 is 23.4 Å². The minimum atomic E-state index is -0.125. The number of rotatable bonds is 4. The first-order valence-electron chi connectivity index (χ1n) is 7.13. The second-order valence-electron chi connectivity index (χ2n) is 4.91. The Bertz CT molecular complexity index is 670. The van der Waals surface area contributed by atoms with Gasteiger partial charge in [0.15, 0.2) is 5.75 Å². The number of nitrogens with one attached hydrogen (secondary N) is 1. The SMILES string of the molecule is CCCCSc1ccc2c(c1)Oc1ccccc1NC2=O. The van der Waals surface area contributed by atoms with Crippen molar-refractivity contribution in [3.63, 3.8) is 0 Å². The molecule has 0 unspecified atom stereocenters. The van der Waals surface area contributed by atoms with Crippen LogP contribution in [-0.2, 0) is 0 Å². The average Bonchev–Trinajstić information content (AvgIpc) is 2.63. The van der Waals surface area contributed by atoms with E-state index >= 15 is 0 Å². The summed E-state index contributed by atoms with van der Waals surface area (Å²) in [5.41, 5.74) is 1.28. The molecule has 0 fully saturated rings. The van der Waals surface area contributed by atoms with Crippen LogP contribution >= 0.6 is 11.8 Å². The molecular formula is C17H17NO2S. The van der Waals surface area contributed by atoms with Gasteiger partial charge in [0, 0.05) is 4.90 Å². The molecule has 4 heteroatoms. The molecule has 108 valence electrons. The van der Waals surface area contributed by atoms with Gasteiger partial charge in [-0.15, -0.1) is 11.8 Å². The number of benzene rings is 2. The fourth-order valence-corrected chi connectivity index (χ4v) is 3.19. The largest absolute Gasteiger partial charge is 0.454 e. The first kappa shape index (κ1) is 14.0. The third kappa shape index (κ3) is 3.05. The number of carbonyl (C=O) groups is 1. The van der Waals surface area contributed by atoms with Crippen LogP contribution in [0.2, 0.25) is 0 Å². The molecule has 1 amide bonds. The number of amides is 1. The second-order valence-corrected chi connectivity index (χ2v) is 6.08. The number of thioether (sulfide) groups is 1. The molecule has 0 spiro atoms. The zero-order valence-electron chi connectivity index (χ0n) is 11.9. The summed E-state index contributed by atoms with van der Waals surface area (Å²) < 4.78 is 5.92. The van der Waals surface area contributed by atoms with Gasteiger partial charge in [0.25, 0.3) is 5.91 Å². The minimum Gasteiger partial charge on any atom is -0.454 e. The summed E-state index contributed by atoms with van der Waals surface area (Å²) in [5, 5.41) is 2.88. The van der Waals surface area contributed by atoms with E-state index in [1.165, 1.54) is 12.8 Å². The Kier molecular flexibility index (Phi) is 4.15. The Morgan fingerprint density at radius 2 is 2.00 bits per heavy atom. The number of hydrogen-bond acceptors (Lipinski definition) is 3. The molecule has 1 aliphatic rings. The molecule has 0 saturated carbocycles. The van der Waals surface area contributed by atoms with Gasteiger partial charge in [0.1, 0.15) is 5.75 Å². The highest BCUT2D eigenvalue weighted by molar-refractivity contribution is 7.99. The molecule has 0 saturated heterocycles. The van der Waals surface area contributed by atoms with Crippen molar-refractivity contribution in [3.8, 4) is 11.5 Å². The van der Waals surface area contributed by atoms with Crippen molar-refractivity contribution in [1.29, 1.82) is 0 Å². The van der Waals surface area contributed by atoms with Crippen LogP contribution in [0.3, 0.4) is 0 Å². The van der Waals surface area contributed by atoms with E-state index in [-0.39, 0.29) is 5.91 Å². The molecule has 21 heavy (non-hydrogen) atoms. The summed E-state index contributed by atoms with van der Waals surface area (Å²) in [5.74, 6) is 2.26. The van der Waals surface area contributed by atoms with Crippen molar-refractivity contribution in [2.24, 2.45) is 0 Å². The van der Waals surface area contributed by atoms with Gasteiger partial charge in [-0.3, -0.25) is 4.79 Å². The van der Waals surface area contributed by atoms with E-state index in [0.717, 1.165) is 10.6 Å². The molecule has 1 aliphatic heterocycles. The molecule has 1 N–H and O–H groups in total. The minimum absolute atomic E-state index is 0.125. The molecule has 3 rings (SSSR count). The maximum Gasteiger partial charge on any atom is 0.259 e. The predicted octanol–water partition coefficient (Wildman–Crippen LogP) is 4.94. The van der Waals surface area contributed by atoms with E-state index in [1.807, 2.05) is 42.5 Å². The quantitative estimate of drug-likeness (QED) is 0.642. The van der Waals surface area contributed by atoms with Gasteiger partial charge in [0.05, 0.1) is 11.3 Å². The number of carbonyl (C=O) groups excluding carboxylic acids is 1. The molecule has 0 atom stereocenters. The maximum absolute atomic E-state index is 12.2. The van der Waals surface area contributed by atoms with Crippen molar-refractivity contribution in [1.82, 2.24) is 0 Å². The highest BCUT2D eigenvalue weighted by Gasteiger charge is 2.20. The second kappa shape index (κ2) is 6.22. The van der Waals surface area contributed by atoms with Crippen LogP contribution in [0.1, 0.15) is 30.1 Å². The van der Waals surface area contributed by atoms with E-state index in [2.05, 4.69) is 12.2 Å². The van der Waals surface area contributed by atoms with E-state index < -0.39 is 0 Å². The van der Waals surface area contributed by atoms with Crippen LogP contribution in [0.25, 0.3) is 0 Å². The van der Waals surface area contributed by atoms with Gasteiger partial charge < -0.3 is 10.1 Å². The van der Waals surface area contributed by atoms with Gasteiger partial charge in [-0.25, -0.2) is 0 Å². The molecule has 0 bridgehead atoms. The highest BCUT2D eigenvalue weighted by Crippen LogP contribution is 2.37. The molecule has 2 aromatic rings. The zero-order valence-corrected chi connectivity index (χ0v) is 12.7. The Morgan fingerprint density at radius 1 is 1.14 bits per heavy atom. The van der Waals surface area contributed by atoms with Crippen molar-refractivity contribution < 1.29 is 9.53 Å². The van der Waals surface area contributed by atoms with Gasteiger partial charge in [-0.05, 0) is 42.5 Å². The summed E-state index contributed by atoms with van der Waals surface area (Å²) in [7, 11) is 0. The fraction of sp³-hybridized carbons (Fsp3) is 0.235. The number of anilines is 1. The van der Waals surface area contributed by atoms with Crippen LogP contribution in [0.4, 0.5) is 5.69 Å². The van der Waals surface area contributed by atoms with Crippen molar-refractivity contribution in [2.45, 2.75) is 24.7 Å². The van der Waals surface area contributed by atoms with Crippen LogP contribution in [0.15, 0.2) is 47.4 Å². The standard InChI is InChI=1S/C17H17NO2S/c1-2-3-10-21-12-8-9-13-16(11-12)20-15-7-5-4-6-14(15)18-17(13)19/h4-9,11H,2-3,10H2,1H3,(H,18,19). The normalized spacial score (nSPS) is 12.7. The number of ether oxygens (including phenoxy) is 1. The van der Waals surface area contributed by atoms with Crippen molar-refractivity contribution in [2.75, 3.05) is 11.1 Å². The van der Waals surface area contributed by atoms with Gasteiger partial charge in [-0.1, -0.05) is 25.5 Å². The summed E-state index contributed by atoms with van der Waals surface area (Å²) in [4.78, 5) is 13.4. The number of hydrogen-bond donors (Lipinski definition) is 1. The number of unbranched alkanes of at least 4 members (excludes halogenated alkanes) is 1. The molecule has 3 nitrogen and oxygen atoms in total. The van der Waals surface area contributed by atoms with Crippen LogP contribution in [0, 0.1) is 0 Å². The lowest BCUT2D eigenvalue weighted by atomic mass is 10.2. The Balaban J connectivity index is 1.91. The van der Waals surface area contributed by atoms with Crippen LogP contribution in [-0.4, -0.2) is 11.7 Å². The summed E-state index contributed by atoms with van der Waals surface area (Å²) in [6.45, 7) is 2.18. The monoisotopic (exact) mass is 299 g/mol. The van der Waals surface area contributed by atoms with E-state index in [0.29, 0.717) is 22.7 Å². The van der Waals surface area contributed by atoms with E-state index in [1.54, 1.807) is 11.8 Å². The van der Waals surface area contributed by atoms with Gasteiger partial charge in [-0.2, -0.15) is 0 Å². The Labute approximate surface area is 128 Å². The van der Waals surface area contributed by atoms with E-state index in [4.69, 9.17) is 4.74 Å². The number of fused-ring (bicyclic) bond motifs is 2. The Hall–Kier alpha value is -1.94. The van der Waals surface area contributed by atoms with Gasteiger partial charge >= 0.3 is 0 Å². The molecule has 1 heterocycles. The molecule has 0 aromatic heterocycles. The Morgan fingerprint density at radius 3 is 2.86 bits per heavy atom.